The fourth-order valence-electron chi connectivity index (χ4n) is 2.18. The van der Waals surface area contributed by atoms with Crippen molar-refractivity contribution in [3.63, 3.8) is 0 Å². The Labute approximate surface area is 114 Å². The minimum absolute atomic E-state index is 0.0402. The predicted octanol–water partition coefficient (Wildman–Crippen LogP) is 2.45. The van der Waals surface area contributed by atoms with Gasteiger partial charge in [0, 0.05) is 17.0 Å². The number of ether oxygens (including phenoxy) is 1. The van der Waals surface area contributed by atoms with Crippen molar-refractivity contribution < 1.29 is 14.3 Å². The fourth-order valence-corrected chi connectivity index (χ4v) is 3.15. The van der Waals surface area contributed by atoms with Gasteiger partial charge in [0.05, 0.1) is 7.11 Å². The van der Waals surface area contributed by atoms with Gasteiger partial charge < -0.3 is 10.1 Å². The number of carbonyl (C=O) groups excluding carboxylic acids is 2. The largest absolute Gasteiger partial charge is 0.465 e. The van der Waals surface area contributed by atoms with E-state index in [1.54, 1.807) is 6.07 Å². The van der Waals surface area contributed by atoms with Gasteiger partial charge in [0.15, 0.2) is 0 Å². The monoisotopic (exact) mass is 273 g/mol. The highest BCUT2D eigenvalue weighted by atomic mass is 32.1. The Kier molecular flexibility index (Phi) is 2.83. The van der Waals surface area contributed by atoms with Crippen LogP contribution in [0.25, 0.3) is 10.4 Å². The SMILES string of the molecule is COC(=O)c1ccc(-c2cccc3c2CNC3=O)s1. The molecule has 0 bridgehead atoms. The van der Waals surface area contributed by atoms with Gasteiger partial charge in [-0.25, -0.2) is 4.79 Å². The van der Waals surface area contributed by atoms with Crippen LogP contribution in [0, 0.1) is 0 Å². The molecule has 19 heavy (non-hydrogen) atoms. The summed E-state index contributed by atoms with van der Waals surface area (Å²) in [5.41, 5.74) is 2.70. The molecule has 2 heterocycles. The fraction of sp³-hybridized carbons (Fsp3) is 0.143. The summed E-state index contributed by atoms with van der Waals surface area (Å²) in [5.74, 6) is -0.375. The van der Waals surface area contributed by atoms with Gasteiger partial charge in [0.2, 0.25) is 0 Å². The number of hydrogen-bond acceptors (Lipinski definition) is 4. The van der Waals surface area contributed by atoms with Gasteiger partial charge in [-0.2, -0.15) is 0 Å². The van der Waals surface area contributed by atoms with Crippen molar-refractivity contribution in [3.8, 4) is 10.4 Å². The van der Waals surface area contributed by atoms with Crippen molar-refractivity contribution in [2.75, 3.05) is 7.11 Å². The van der Waals surface area contributed by atoms with E-state index in [1.165, 1.54) is 18.4 Å². The van der Waals surface area contributed by atoms with E-state index in [0.717, 1.165) is 16.0 Å². The number of rotatable bonds is 2. The zero-order chi connectivity index (χ0) is 13.4. The molecule has 2 aromatic rings. The highest BCUT2D eigenvalue weighted by Crippen LogP contribution is 2.34. The molecule has 1 aliphatic heterocycles. The molecule has 1 aliphatic rings. The summed E-state index contributed by atoms with van der Waals surface area (Å²) >= 11 is 1.37. The zero-order valence-electron chi connectivity index (χ0n) is 10.2. The summed E-state index contributed by atoms with van der Waals surface area (Å²) < 4.78 is 4.70. The van der Waals surface area contributed by atoms with Crippen LogP contribution in [0.1, 0.15) is 25.6 Å². The Hall–Kier alpha value is -2.14. The highest BCUT2D eigenvalue weighted by Gasteiger charge is 2.22. The number of thiophene rings is 1. The van der Waals surface area contributed by atoms with Gasteiger partial charge >= 0.3 is 5.97 Å². The average molecular weight is 273 g/mol. The molecule has 0 spiro atoms. The maximum absolute atomic E-state index is 11.6. The number of fused-ring (bicyclic) bond motifs is 1. The van der Waals surface area contributed by atoms with E-state index in [2.05, 4.69) is 5.32 Å². The molecule has 0 fully saturated rings. The summed E-state index contributed by atoms with van der Waals surface area (Å²) in [6.45, 7) is 0.537. The minimum Gasteiger partial charge on any atom is -0.465 e. The molecule has 0 saturated carbocycles. The number of carbonyl (C=O) groups is 2. The number of methoxy groups -OCH3 is 1. The van der Waals surface area contributed by atoms with Crippen LogP contribution >= 0.6 is 11.3 Å². The first-order valence-electron chi connectivity index (χ1n) is 5.79. The molecule has 1 aromatic heterocycles. The molecule has 96 valence electrons. The van der Waals surface area contributed by atoms with Crippen LogP contribution in [0.4, 0.5) is 0 Å². The van der Waals surface area contributed by atoms with Crippen molar-refractivity contribution in [1.82, 2.24) is 5.32 Å². The average Bonchev–Trinajstić information content (AvgIpc) is 3.05. The smallest absolute Gasteiger partial charge is 0.348 e. The Bertz CT molecular complexity index is 675. The van der Waals surface area contributed by atoms with E-state index in [4.69, 9.17) is 4.74 Å². The lowest BCUT2D eigenvalue weighted by Crippen LogP contribution is -2.12. The van der Waals surface area contributed by atoms with Gasteiger partial charge in [-0.15, -0.1) is 11.3 Å². The number of esters is 1. The van der Waals surface area contributed by atoms with Crippen LogP contribution in [0.5, 0.6) is 0 Å². The molecule has 1 aromatic carbocycles. The predicted molar refractivity (Wildman–Crippen MR) is 72.3 cm³/mol. The Morgan fingerprint density at radius 3 is 2.84 bits per heavy atom. The third-order valence-electron chi connectivity index (χ3n) is 3.10. The number of hydrogen-bond donors (Lipinski definition) is 1. The second kappa shape index (κ2) is 4.51. The van der Waals surface area contributed by atoms with Gasteiger partial charge in [-0.3, -0.25) is 4.79 Å². The molecular weight excluding hydrogens is 262 g/mol. The lowest BCUT2D eigenvalue weighted by Gasteiger charge is -2.03. The summed E-state index contributed by atoms with van der Waals surface area (Å²) in [5, 5.41) is 2.81. The number of nitrogens with one attached hydrogen (secondary N) is 1. The topological polar surface area (TPSA) is 55.4 Å². The third-order valence-corrected chi connectivity index (χ3v) is 4.20. The molecule has 3 rings (SSSR count). The first-order valence-corrected chi connectivity index (χ1v) is 6.61. The third kappa shape index (κ3) is 1.92. The molecule has 5 heteroatoms. The van der Waals surface area contributed by atoms with Crippen LogP contribution in [0.2, 0.25) is 0 Å². The minimum atomic E-state index is -0.335. The molecule has 0 radical (unpaired) electrons. The van der Waals surface area contributed by atoms with Crippen molar-refractivity contribution in [2.24, 2.45) is 0 Å². The molecule has 4 nitrogen and oxygen atoms in total. The second-order valence-electron chi connectivity index (χ2n) is 4.17. The van der Waals surface area contributed by atoms with Crippen LogP contribution in [-0.4, -0.2) is 19.0 Å². The summed E-state index contributed by atoms with van der Waals surface area (Å²) in [6.07, 6.45) is 0. The van der Waals surface area contributed by atoms with Gasteiger partial charge in [-0.05, 0) is 29.3 Å². The van der Waals surface area contributed by atoms with E-state index in [1.807, 2.05) is 24.3 Å². The van der Waals surface area contributed by atoms with Crippen molar-refractivity contribution in [1.29, 1.82) is 0 Å². The van der Waals surface area contributed by atoms with Crippen LogP contribution in [0.3, 0.4) is 0 Å². The number of amides is 1. The van der Waals surface area contributed by atoms with Crippen LogP contribution in [0.15, 0.2) is 30.3 Å². The molecule has 0 atom stereocenters. The van der Waals surface area contributed by atoms with Crippen LogP contribution < -0.4 is 5.32 Å². The van der Waals surface area contributed by atoms with E-state index >= 15 is 0 Å². The van der Waals surface area contributed by atoms with Crippen molar-refractivity contribution in [3.05, 3.63) is 46.3 Å². The van der Waals surface area contributed by atoms with Crippen molar-refractivity contribution in [2.45, 2.75) is 6.54 Å². The van der Waals surface area contributed by atoms with E-state index in [9.17, 15) is 9.59 Å². The molecule has 0 aliphatic carbocycles. The molecule has 0 saturated heterocycles. The van der Waals surface area contributed by atoms with E-state index in [0.29, 0.717) is 17.0 Å². The second-order valence-corrected chi connectivity index (χ2v) is 5.25. The van der Waals surface area contributed by atoms with E-state index in [-0.39, 0.29) is 11.9 Å². The molecule has 1 N–H and O–H groups in total. The van der Waals surface area contributed by atoms with Crippen molar-refractivity contribution >= 4 is 23.2 Å². The first kappa shape index (κ1) is 11.9. The zero-order valence-corrected chi connectivity index (χ0v) is 11.0. The highest BCUT2D eigenvalue weighted by molar-refractivity contribution is 7.17. The van der Waals surface area contributed by atoms with Gasteiger partial charge in [-0.1, -0.05) is 12.1 Å². The van der Waals surface area contributed by atoms with E-state index < -0.39 is 0 Å². The van der Waals surface area contributed by atoms with Gasteiger partial charge in [0.25, 0.3) is 5.91 Å². The molecular formula is C14H11NO3S. The summed E-state index contributed by atoms with van der Waals surface area (Å²) in [4.78, 5) is 24.6. The normalized spacial score (nSPS) is 13.0. The lowest BCUT2D eigenvalue weighted by molar-refractivity contribution is 0.0606. The molecule has 1 amide bonds. The van der Waals surface area contributed by atoms with Crippen LogP contribution in [-0.2, 0) is 11.3 Å². The molecule has 0 unspecified atom stereocenters. The standard InChI is InChI=1S/C14H11NO3S/c1-18-14(17)12-6-5-11(19-12)8-3-2-4-9-10(8)7-15-13(9)16/h2-6H,7H2,1H3,(H,15,16). The first-order chi connectivity index (χ1) is 9.20. The maximum Gasteiger partial charge on any atom is 0.348 e. The Balaban J connectivity index is 2.06. The van der Waals surface area contributed by atoms with Gasteiger partial charge in [0.1, 0.15) is 4.88 Å². The summed E-state index contributed by atoms with van der Waals surface area (Å²) in [7, 11) is 1.37. The quantitative estimate of drug-likeness (QED) is 0.855. The summed E-state index contributed by atoms with van der Waals surface area (Å²) in [6, 6.07) is 9.27. The number of benzene rings is 1. The Morgan fingerprint density at radius 2 is 2.05 bits per heavy atom. The Morgan fingerprint density at radius 1 is 1.26 bits per heavy atom. The maximum atomic E-state index is 11.6. The lowest BCUT2D eigenvalue weighted by atomic mass is 10.0.